The Kier molecular flexibility index (Phi) is 3.86. The van der Waals surface area contributed by atoms with E-state index in [2.05, 4.69) is 75.3 Å². The molecule has 0 radical (unpaired) electrons. The quantitative estimate of drug-likeness (QED) is 0.774. The zero-order chi connectivity index (χ0) is 15.0. The lowest BCUT2D eigenvalue weighted by atomic mass is 9.88. The van der Waals surface area contributed by atoms with Crippen molar-refractivity contribution in [1.82, 2.24) is 4.90 Å². The summed E-state index contributed by atoms with van der Waals surface area (Å²) in [4.78, 5) is 2.34. The zero-order valence-corrected chi connectivity index (χ0v) is 13.6. The van der Waals surface area contributed by atoms with Crippen LogP contribution in [0.3, 0.4) is 0 Å². The topological polar surface area (TPSA) is 3.24 Å². The molecule has 1 atom stereocenters. The zero-order valence-electron chi connectivity index (χ0n) is 13.6. The van der Waals surface area contributed by atoms with Gasteiger partial charge in [-0.1, -0.05) is 42.5 Å². The maximum Gasteiger partial charge on any atom is 0.0599 e. The second-order valence-electron chi connectivity index (χ2n) is 6.62. The summed E-state index contributed by atoms with van der Waals surface area (Å²) < 4.78 is 0. The standard InChI is InChI=1S/C20H25N/c1-14-12-18(16-10-11-16)19(13-15(14)2)20(21(3)4)17-8-6-5-7-9-17/h5-9,12-13,16,20H,10-11H2,1-4H3. The van der Waals surface area contributed by atoms with Crippen molar-refractivity contribution in [1.29, 1.82) is 0 Å². The van der Waals surface area contributed by atoms with Gasteiger partial charge in [-0.15, -0.1) is 0 Å². The molecule has 2 aromatic carbocycles. The molecule has 3 rings (SSSR count). The second-order valence-corrected chi connectivity index (χ2v) is 6.62. The van der Waals surface area contributed by atoms with Gasteiger partial charge in [0.05, 0.1) is 6.04 Å². The van der Waals surface area contributed by atoms with Gasteiger partial charge < -0.3 is 0 Å². The summed E-state index contributed by atoms with van der Waals surface area (Å²) in [7, 11) is 4.37. The molecule has 1 saturated carbocycles. The summed E-state index contributed by atoms with van der Waals surface area (Å²) >= 11 is 0. The van der Waals surface area contributed by atoms with Crippen LogP contribution in [0.1, 0.15) is 52.6 Å². The Morgan fingerprint density at radius 1 is 0.952 bits per heavy atom. The van der Waals surface area contributed by atoms with Crippen LogP contribution in [0.25, 0.3) is 0 Å². The highest BCUT2D eigenvalue weighted by Crippen LogP contribution is 2.45. The van der Waals surface area contributed by atoms with Gasteiger partial charge in [-0.2, -0.15) is 0 Å². The highest BCUT2D eigenvalue weighted by molar-refractivity contribution is 5.46. The van der Waals surface area contributed by atoms with Crippen LogP contribution >= 0.6 is 0 Å². The molecule has 0 spiro atoms. The highest BCUT2D eigenvalue weighted by Gasteiger charge is 2.30. The predicted molar refractivity (Wildman–Crippen MR) is 89.9 cm³/mol. The van der Waals surface area contributed by atoms with Crippen LogP contribution in [0.5, 0.6) is 0 Å². The van der Waals surface area contributed by atoms with Crippen molar-refractivity contribution < 1.29 is 0 Å². The minimum Gasteiger partial charge on any atom is -0.299 e. The van der Waals surface area contributed by atoms with Crippen molar-refractivity contribution >= 4 is 0 Å². The maximum absolute atomic E-state index is 2.43. The Bertz CT molecular complexity index is 624. The average molecular weight is 279 g/mol. The maximum atomic E-state index is 2.43. The van der Waals surface area contributed by atoms with Gasteiger partial charge in [-0.05, 0) is 74.5 Å². The molecule has 21 heavy (non-hydrogen) atoms. The van der Waals surface area contributed by atoms with Gasteiger partial charge in [0.15, 0.2) is 0 Å². The Hall–Kier alpha value is -1.60. The van der Waals surface area contributed by atoms with Gasteiger partial charge in [-0.3, -0.25) is 4.90 Å². The van der Waals surface area contributed by atoms with Crippen molar-refractivity contribution in [3.05, 3.63) is 70.3 Å². The smallest absolute Gasteiger partial charge is 0.0599 e. The van der Waals surface area contributed by atoms with E-state index in [0.717, 1.165) is 5.92 Å². The third kappa shape index (κ3) is 2.89. The summed E-state index contributed by atoms with van der Waals surface area (Å²) in [5.74, 6) is 0.783. The summed E-state index contributed by atoms with van der Waals surface area (Å²) in [6.07, 6.45) is 2.70. The van der Waals surface area contributed by atoms with Crippen LogP contribution in [-0.2, 0) is 0 Å². The van der Waals surface area contributed by atoms with Gasteiger partial charge in [-0.25, -0.2) is 0 Å². The number of benzene rings is 2. The van der Waals surface area contributed by atoms with E-state index in [9.17, 15) is 0 Å². The normalized spacial score (nSPS) is 16.2. The monoisotopic (exact) mass is 279 g/mol. The molecule has 1 heteroatoms. The van der Waals surface area contributed by atoms with Gasteiger partial charge in [0.2, 0.25) is 0 Å². The van der Waals surface area contributed by atoms with E-state index in [1.165, 1.54) is 35.1 Å². The number of rotatable bonds is 4. The van der Waals surface area contributed by atoms with E-state index >= 15 is 0 Å². The lowest BCUT2D eigenvalue weighted by molar-refractivity contribution is 0.340. The molecule has 1 aliphatic carbocycles. The van der Waals surface area contributed by atoms with Gasteiger partial charge in [0.1, 0.15) is 0 Å². The van der Waals surface area contributed by atoms with Crippen molar-refractivity contribution in [2.45, 2.75) is 38.6 Å². The molecule has 0 heterocycles. The minimum absolute atomic E-state index is 0.348. The molecule has 0 aliphatic heterocycles. The number of aryl methyl sites for hydroxylation is 2. The predicted octanol–water partition coefficient (Wildman–Crippen LogP) is 4.83. The molecule has 1 nitrogen and oxygen atoms in total. The minimum atomic E-state index is 0.348. The summed E-state index contributed by atoms with van der Waals surface area (Å²) in [6.45, 7) is 4.46. The first-order valence-electron chi connectivity index (χ1n) is 7.90. The molecule has 0 saturated heterocycles. The third-order valence-electron chi connectivity index (χ3n) is 4.64. The second kappa shape index (κ2) is 5.65. The van der Waals surface area contributed by atoms with Crippen molar-refractivity contribution in [3.63, 3.8) is 0 Å². The average Bonchev–Trinajstić information content (AvgIpc) is 3.28. The SMILES string of the molecule is Cc1cc(C2CC2)c(C(c2ccccc2)N(C)C)cc1C. The van der Waals surface area contributed by atoms with E-state index in [1.807, 2.05) is 0 Å². The molecule has 0 N–H and O–H groups in total. The van der Waals surface area contributed by atoms with Crippen molar-refractivity contribution in [3.8, 4) is 0 Å². The first kappa shape index (κ1) is 14.3. The van der Waals surface area contributed by atoms with Gasteiger partial charge in [0.25, 0.3) is 0 Å². The van der Waals surface area contributed by atoms with E-state index in [4.69, 9.17) is 0 Å². The Morgan fingerprint density at radius 3 is 2.14 bits per heavy atom. The van der Waals surface area contributed by atoms with Crippen LogP contribution in [0.15, 0.2) is 42.5 Å². The first-order valence-corrected chi connectivity index (χ1v) is 7.90. The fraction of sp³-hybridized carbons (Fsp3) is 0.400. The molecule has 1 aliphatic rings. The molecular weight excluding hydrogens is 254 g/mol. The molecule has 0 bridgehead atoms. The number of nitrogens with zero attached hydrogens (tertiary/aromatic N) is 1. The van der Waals surface area contributed by atoms with Crippen LogP contribution in [0, 0.1) is 13.8 Å². The van der Waals surface area contributed by atoms with Crippen molar-refractivity contribution in [2.75, 3.05) is 14.1 Å². The van der Waals surface area contributed by atoms with Gasteiger partial charge in [0, 0.05) is 0 Å². The van der Waals surface area contributed by atoms with Crippen LogP contribution in [-0.4, -0.2) is 19.0 Å². The van der Waals surface area contributed by atoms with Crippen molar-refractivity contribution in [2.24, 2.45) is 0 Å². The van der Waals surface area contributed by atoms with E-state index < -0.39 is 0 Å². The largest absolute Gasteiger partial charge is 0.299 e. The Labute approximate surface area is 128 Å². The summed E-state index contributed by atoms with van der Waals surface area (Å²) in [5.41, 5.74) is 7.27. The van der Waals surface area contributed by atoms with Crippen LogP contribution in [0.4, 0.5) is 0 Å². The lowest BCUT2D eigenvalue weighted by Crippen LogP contribution is -2.22. The molecule has 0 aromatic heterocycles. The van der Waals surface area contributed by atoms with E-state index in [0.29, 0.717) is 6.04 Å². The molecule has 1 unspecified atom stereocenters. The molecular formula is C20H25N. The first-order chi connectivity index (χ1) is 10.1. The van der Waals surface area contributed by atoms with Crippen LogP contribution in [0.2, 0.25) is 0 Å². The Balaban J connectivity index is 2.13. The fourth-order valence-electron chi connectivity index (χ4n) is 3.24. The molecule has 1 fully saturated rings. The number of hydrogen-bond acceptors (Lipinski definition) is 1. The van der Waals surface area contributed by atoms with Crippen LogP contribution < -0.4 is 0 Å². The highest BCUT2D eigenvalue weighted by atomic mass is 15.1. The van der Waals surface area contributed by atoms with Gasteiger partial charge >= 0.3 is 0 Å². The summed E-state index contributed by atoms with van der Waals surface area (Å²) in [5, 5.41) is 0. The molecule has 2 aromatic rings. The Morgan fingerprint density at radius 2 is 1.57 bits per heavy atom. The lowest BCUT2D eigenvalue weighted by Gasteiger charge is -2.28. The van der Waals surface area contributed by atoms with E-state index in [-0.39, 0.29) is 0 Å². The molecule has 110 valence electrons. The summed E-state index contributed by atoms with van der Waals surface area (Å²) in [6, 6.07) is 16.1. The fourth-order valence-corrected chi connectivity index (χ4v) is 3.24. The van der Waals surface area contributed by atoms with E-state index in [1.54, 1.807) is 5.56 Å². The third-order valence-corrected chi connectivity index (χ3v) is 4.64. The number of hydrogen-bond donors (Lipinski definition) is 0. The molecule has 0 amide bonds.